The van der Waals surface area contributed by atoms with Gasteiger partial charge in [0.15, 0.2) is 0 Å². The van der Waals surface area contributed by atoms with Gasteiger partial charge in [0, 0.05) is 21.8 Å². The number of rotatable bonds is 6. The maximum atomic E-state index is 13.4. The van der Waals surface area contributed by atoms with Crippen LogP contribution in [0.1, 0.15) is 25.7 Å². The van der Waals surface area contributed by atoms with E-state index in [1.165, 1.54) is 33.8 Å². The number of alkyl halides is 2. The highest BCUT2D eigenvalue weighted by atomic mass is 79.9. The van der Waals surface area contributed by atoms with E-state index in [1.54, 1.807) is 0 Å². The summed E-state index contributed by atoms with van der Waals surface area (Å²) in [5.74, 6) is 0.101. The monoisotopic (exact) mass is 530 g/mol. The van der Waals surface area contributed by atoms with Crippen LogP contribution in [0.3, 0.4) is 0 Å². The normalized spacial score (nSPS) is 10.9. The highest BCUT2D eigenvalue weighted by Crippen LogP contribution is 2.36. The van der Waals surface area contributed by atoms with E-state index >= 15 is 0 Å². The molecule has 0 saturated heterocycles. The Morgan fingerprint density at radius 1 is 0.643 bits per heavy atom. The highest BCUT2D eigenvalue weighted by molar-refractivity contribution is 9.08. The van der Waals surface area contributed by atoms with Crippen LogP contribution in [0.15, 0.2) is 71.4 Å². The van der Waals surface area contributed by atoms with Crippen LogP contribution in [0.4, 0.5) is 0 Å². The third-order valence-corrected chi connectivity index (χ3v) is 7.70. The van der Waals surface area contributed by atoms with Crippen molar-refractivity contribution in [3.05, 3.63) is 92.3 Å². The average molecular weight is 532 g/mol. The minimum Gasteiger partial charge on any atom is -0.287 e. The third-order valence-electron chi connectivity index (χ3n) is 4.58. The summed E-state index contributed by atoms with van der Waals surface area (Å²) in [4.78, 5) is 15.0. The lowest BCUT2D eigenvalue weighted by Crippen LogP contribution is -2.00. The van der Waals surface area contributed by atoms with Crippen molar-refractivity contribution < 1.29 is 4.79 Å². The molecule has 4 rings (SSSR count). The first-order valence-corrected chi connectivity index (χ1v) is 12.7. The van der Waals surface area contributed by atoms with Crippen LogP contribution in [-0.4, -0.2) is 5.78 Å². The topological polar surface area (TPSA) is 17.1 Å². The number of thiophene rings is 2. The second-order valence-electron chi connectivity index (χ2n) is 6.32. The molecule has 4 aromatic rings. The fraction of sp³-hybridized carbons (Fsp3) is 0.0870. The molecule has 0 aliphatic rings. The van der Waals surface area contributed by atoms with E-state index < -0.39 is 0 Å². The Bertz CT molecular complexity index is 1000. The summed E-state index contributed by atoms with van der Waals surface area (Å²) in [5.41, 5.74) is 6.61. The number of halogens is 2. The zero-order valence-electron chi connectivity index (χ0n) is 14.8. The fourth-order valence-corrected chi connectivity index (χ4v) is 5.61. The Labute approximate surface area is 189 Å². The van der Waals surface area contributed by atoms with Crippen LogP contribution in [0, 0.1) is 0 Å². The zero-order valence-corrected chi connectivity index (χ0v) is 19.6. The van der Waals surface area contributed by atoms with Crippen molar-refractivity contribution >= 4 is 60.3 Å². The van der Waals surface area contributed by atoms with Gasteiger partial charge in [0.05, 0.1) is 9.75 Å². The van der Waals surface area contributed by atoms with Crippen molar-refractivity contribution in [1.29, 1.82) is 0 Å². The summed E-state index contributed by atoms with van der Waals surface area (Å²) >= 11 is 9.99. The molecule has 0 radical (unpaired) electrons. The lowest BCUT2D eigenvalue weighted by atomic mass is 10.00. The van der Waals surface area contributed by atoms with Gasteiger partial charge in [-0.25, -0.2) is 0 Å². The van der Waals surface area contributed by atoms with Gasteiger partial charge >= 0.3 is 0 Å². The summed E-state index contributed by atoms with van der Waals surface area (Å²) in [6.07, 6.45) is 0. The molecule has 0 amide bonds. The molecule has 0 unspecified atom stereocenters. The number of carbonyl (C=O) groups is 1. The Kier molecular flexibility index (Phi) is 6.26. The van der Waals surface area contributed by atoms with Gasteiger partial charge in [0.1, 0.15) is 0 Å². The van der Waals surface area contributed by atoms with Crippen LogP contribution >= 0.6 is 54.5 Å². The van der Waals surface area contributed by atoms with Gasteiger partial charge in [-0.15, -0.1) is 22.7 Å². The van der Waals surface area contributed by atoms with Crippen molar-refractivity contribution in [3.8, 4) is 22.3 Å². The number of carbonyl (C=O) groups excluding carboxylic acids is 1. The van der Waals surface area contributed by atoms with Crippen molar-refractivity contribution in [3.63, 3.8) is 0 Å². The van der Waals surface area contributed by atoms with Gasteiger partial charge in [0.25, 0.3) is 0 Å². The van der Waals surface area contributed by atoms with Gasteiger partial charge in [-0.3, -0.25) is 4.79 Å². The lowest BCUT2D eigenvalue weighted by molar-refractivity contribution is 0.104. The zero-order chi connectivity index (χ0) is 19.5. The van der Waals surface area contributed by atoms with E-state index in [2.05, 4.69) is 80.4 Å². The maximum absolute atomic E-state index is 13.4. The third kappa shape index (κ3) is 3.94. The molecule has 0 N–H and O–H groups in total. The van der Waals surface area contributed by atoms with E-state index in [0.717, 1.165) is 42.7 Å². The summed E-state index contributed by atoms with van der Waals surface area (Å²) in [6.45, 7) is 0. The second kappa shape index (κ2) is 8.87. The van der Waals surface area contributed by atoms with Crippen LogP contribution in [0.5, 0.6) is 0 Å². The first-order valence-electron chi connectivity index (χ1n) is 8.71. The highest BCUT2D eigenvalue weighted by Gasteiger charge is 2.21. The Balaban J connectivity index is 1.70. The fourth-order valence-electron chi connectivity index (χ4n) is 3.07. The van der Waals surface area contributed by atoms with Gasteiger partial charge in [-0.1, -0.05) is 80.4 Å². The SMILES string of the molecule is O=C(c1sccc1-c1ccc(CBr)cc1)c1sccc1-c1ccc(CBr)cc1. The first-order chi connectivity index (χ1) is 13.7. The van der Waals surface area contributed by atoms with Crippen LogP contribution < -0.4 is 0 Å². The van der Waals surface area contributed by atoms with E-state index in [-0.39, 0.29) is 5.78 Å². The molecule has 2 aromatic carbocycles. The van der Waals surface area contributed by atoms with E-state index in [0.29, 0.717) is 0 Å². The average Bonchev–Trinajstić information content (AvgIpc) is 3.43. The molecule has 2 aromatic heterocycles. The molecule has 0 saturated carbocycles. The second-order valence-corrected chi connectivity index (χ2v) is 9.27. The molecule has 0 fully saturated rings. The van der Waals surface area contributed by atoms with Gasteiger partial charge in [-0.05, 0) is 45.1 Å². The van der Waals surface area contributed by atoms with Crippen molar-refractivity contribution in [2.45, 2.75) is 10.7 Å². The largest absolute Gasteiger partial charge is 0.287 e. The van der Waals surface area contributed by atoms with Crippen LogP contribution in [0.2, 0.25) is 0 Å². The Morgan fingerprint density at radius 3 is 1.39 bits per heavy atom. The maximum Gasteiger partial charge on any atom is 0.214 e. The summed E-state index contributed by atoms with van der Waals surface area (Å²) in [6, 6.07) is 20.8. The van der Waals surface area contributed by atoms with Crippen molar-refractivity contribution in [2.75, 3.05) is 0 Å². The Hall–Kier alpha value is -1.53. The van der Waals surface area contributed by atoms with Gasteiger partial charge < -0.3 is 0 Å². The van der Waals surface area contributed by atoms with Gasteiger partial charge in [0.2, 0.25) is 5.78 Å². The van der Waals surface area contributed by atoms with Crippen LogP contribution in [-0.2, 0) is 10.7 Å². The first kappa shape index (κ1) is 19.8. The quantitative estimate of drug-likeness (QED) is 0.181. The molecule has 5 heteroatoms. The Morgan fingerprint density at radius 2 is 1.04 bits per heavy atom. The molecule has 140 valence electrons. The predicted octanol–water partition coefficient (Wildman–Crippen LogP) is 8.16. The standard InChI is InChI=1S/C23H16Br2OS2/c24-13-15-1-5-17(6-2-15)19-9-11-27-22(19)21(26)23-20(10-12-28-23)18-7-3-16(14-25)4-8-18/h1-12H,13-14H2. The lowest BCUT2D eigenvalue weighted by Gasteiger charge is -2.07. The molecular weight excluding hydrogens is 516 g/mol. The van der Waals surface area contributed by atoms with Crippen LogP contribution in [0.25, 0.3) is 22.3 Å². The summed E-state index contributed by atoms with van der Waals surface area (Å²) in [7, 11) is 0. The number of hydrogen-bond acceptors (Lipinski definition) is 3. The molecule has 0 spiro atoms. The molecule has 28 heavy (non-hydrogen) atoms. The molecule has 0 aliphatic carbocycles. The summed E-state index contributed by atoms with van der Waals surface area (Å²) in [5, 5.41) is 5.66. The molecule has 0 aliphatic heterocycles. The molecule has 0 atom stereocenters. The van der Waals surface area contributed by atoms with Crippen molar-refractivity contribution in [2.24, 2.45) is 0 Å². The van der Waals surface area contributed by atoms with E-state index in [9.17, 15) is 4.79 Å². The minimum atomic E-state index is 0.101. The molecule has 0 bridgehead atoms. The number of ketones is 1. The summed E-state index contributed by atoms with van der Waals surface area (Å²) < 4.78 is 0. The smallest absolute Gasteiger partial charge is 0.214 e. The number of benzene rings is 2. The predicted molar refractivity (Wildman–Crippen MR) is 128 cm³/mol. The molecule has 1 nitrogen and oxygen atoms in total. The van der Waals surface area contributed by atoms with Gasteiger partial charge in [-0.2, -0.15) is 0 Å². The van der Waals surface area contributed by atoms with E-state index in [1.807, 2.05) is 22.9 Å². The minimum absolute atomic E-state index is 0.101. The van der Waals surface area contributed by atoms with Crippen molar-refractivity contribution in [1.82, 2.24) is 0 Å². The molecule has 2 heterocycles. The van der Waals surface area contributed by atoms with E-state index in [4.69, 9.17) is 0 Å². The number of hydrogen-bond donors (Lipinski definition) is 0. The molecular formula is C23H16Br2OS2.